The summed E-state index contributed by atoms with van der Waals surface area (Å²) in [6.07, 6.45) is -3.74. The third-order valence-electron chi connectivity index (χ3n) is 3.98. The van der Waals surface area contributed by atoms with Crippen LogP contribution in [-0.2, 0) is 17.4 Å². The van der Waals surface area contributed by atoms with Crippen LogP contribution in [0.1, 0.15) is 37.0 Å². The number of phenolic OH excluding ortho intramolecular Hbond substituents is 1. The third kappa shape index (κ3) is 5.12. The second kappa shape index (κ2) is 8.28. The summed E-state index contributed by atoms with van der Waals surface area (Å²) >= 11 is 0. The van der Waals surface area contributed by atoms with E-state index >= 15 is 0 Å². The van der Waals surface area contributed by atoms with Crippen LogP contribution in [-0.4, -0.2) is 22.1 Å². The van der Waals surface area contributed by atoms with Gasteiger partial charge in [0.2, 0.25) is 0 Å². The van der Waals surface area contributed by atoms with Crippen molar-refractivity contribution in [3.8, 4) is 11.5 Å². The van der Waals surface area contributed by atoms with E-state index in [2.05, 4.69) is 10.3 Å². The first-order valence-corrected chi connectivity index (χ1v) is 8.49. The van der Waals surface area contributed by atoms with Crippen molar-refractivity contribution in [1.82, 2.24) is 4.98 Å². The molecule has 2 N–H and O–H groups in total. The van der Waals surface area contributed by atoms with Crippen molar-refractivity contribution in [2.24, 2.45) is 0 Å². The Morgan fingerprint density at radius 1 is 1.30 bits per heavy atom. The summed E-state index contributed by atoms with van der Waals surface area (Å²) in [7, 11) is 0. The number of rotatable bonds is 6. The zero-order valence-corrected chi connectivity index (χ0v) is 15.2. The normalized spacial score (nSPS) is 12.5. The summed E-state index contributed by atoms with van der Waals surface area (Å²) in [6.45, 7) is 5.41. The van der Waals surface area contributed by atoms with Gasteiger partial charge in [0, 0.05) is 6.20 Å². The molecule has 0 spiro atoms. The molecule has 8 heteroatoms. The fraction of sp³-hybridized carbons (Fsp3) is 0.368. The Morgan fingerprint density at radius 2 is 2.00 bits per heavy atom. The Kier molecular flexibility index (Phi) is 6.30. The van der Waals surface area contributed by atoms with E-state index in [-0.39, 0.29) is 11.6 Å². The monoisotopic (exact) mass is 382 g/mol. The number of ether oxygens (including phenoxy) is 1. The third-order valence-corrected chi connectivity index (χ3v) is 3.98. The summed E-state index contributed by atoms with van der Waals surface area (Å²) in [5.74, 6) is 0.119. The zero-order valence-electron chi connectivity index (χ0n) is 15.2. The minimum Gasteiger partial charge on any atom is -0.508 e. The molecule has 0 aliphatic rings. The van der Waals surface area contributed by atoms with Crippen LogP contribution in [0.25, 0.3) is 0 Å². The lowest BCUT2D eigenvalue weighted by Gasteiger charge is -2.21. The number of halogens is 3. The molecule has 146 valence electrons. The summed E-state index contributed by atoms with van der Waals surface area (Å²) in [4.78, 5) is 16.1. The van der Waals surface area contributed by atoms with E-state index in [0.717, 1.165) is 17.7 Å². The van der Waals surface area contributed by atoms with Gasteiger partial charge in [-0.25, -0.2) is 4.98 Å². The largest absolute Gasteiger partial charge is 0.508 e. The summed E-state index contributed by atoms with van der Waals surface area (Å²) in [5, 5.41) is 12.2. The predicted molar refractivity (Wildman–Crippen MR) is 94.8 cm³/mol. The molecule has 1 amide bonds. The number of carbonyl (C=O) groups is 1. The van der Waals surface area contributed by atoms with Crippen LogP contribution in [0.4, 0.5) is 19.0 Å². The maximum atomic E-state index is 12.6. The van der Waals surface area contributed by atoms with Gasteiger partial charge in [-0.05, 0) is 55.2 Å². The molecule has 1 aromatic carbocycles. The van der Waals surface area contributed by atoms with Gasteiger partial charge in [0.05, 0.1) is 5.56 Å². The molecule has 0 saturated heterocycles. The number of pyridine rings is 1. The topological polar surface area (TPSA) is 71.5 Å². The van der Waals surface area contributed by atoms with E-state index in [9.17, 15) is 23.1 Å². The lowest BCUT2D eigenvalue weighted by Crippen LogP contribution is -2.33. The van der Waals surface area contributed by atoms with Crippen molar-refractivity contribution in [1.29, 1.82) is 0 Å². The smallest absolute Gasteiger partial charge is 0.417 e. The van der Waals surface area contributed by atoms with Crippen molar-refractivity contribution < 1.29 is 27.8 Å². The molecule has 0 bridgehead atoms. The van der Waals surface area contributed by atoms with Crippen LogP contribution in [0.2, 0.25) is 0 Å². The molecule has 0 saturated carbocycles. The van der Waals surface area contributed by atoms with Crippen LogP contribution in [0, 0.1) is 6.92 Å². The molecule has 5 nitrogen and oxygen atoms in total. The highest BCUT2D eigenvalue weighted by Crippen LogP contribution is 2.31. The fourth-order valence-corrected chi connectivity index (χ4v) is 2.56. The van der Waals surface area contributed by atoms with Crippen molar-refractivity contribution in [3.05, 3.63) is 47.2 Å². The Morgan fingerprint density at radius 3 is 2.52 bits per heavy atom. The molecule has 2 aromatic rings. The molecule has 1 heterocycles. The standard InChI is InChI=1S/C19H21F3N2O3/c1-4-12-9-14(25)8-11(3)17(12)27-15(5-2)18(26)24-16-7-6-13(10-23-16)19(20,21)22/h6-10,15,25H,4-5H2,1-3H3,(H,23,24,26). The molecule has 27 heavy (non-hydrogen) atoms. The number of alkyl halides is 3. The summed E-state index contributed by atoms with van der Waals surface area (Å²) < 4.78 is 43.6. The molecular weight excluding hydrogens is 361 g/mol. The maximum absolute atomic E-state index is 12.6. The van der Waals surface area contributed by atoms with Gasteiger partial charge in [-0.3, -0.25) is 4.79 Å². The van der Waals surface area contributed by atoms with E-state index < -0.39 is 23.8 Å². The van der Waals surface area contributed by atoms with Crippen LogP contribution in [0.3, 0.4) is 0 Å². The Hall–Kier alpha value is -2.77. The Bertz CT molecular complexity index is 805. The van der Waals surface area contributed by atoms with E-state index in [1.54, 1.807) is 19.9 Å². The van der Waals surface area contributed by atoms with E-state index in [1.807, 2.05) is 6.92 Å². The average molecular weight is 382 g/mol. The van der Waals surface area contributed by atoms with Crippen LogP contribution >= 0.6 is 0 Å². The van der Waals surface area contributed by atoms with Crippen molar-refractivity contribution in [3.63, 3.8) is 0 Å². The molecular formula is C19H21F3N2O3. The van der Waals surface area contributed by atoms with E-state index in [0.29, 0.717) is 30.4 Å². The number of amides is 1. The number of carbonyl (C=O) groups excluding carboxylic acids is 1. The number of phenols is 1. The number of aromatic hydroxyl groups is 1. The van der Waals surface area contributed by atoms with Crippen molar-refractivity contribution in [2.75, 3.05) is 5.32 Å². The van der Waals surface area contributed by atoms with Gasteiger partial charge in [-0.2, -0.15) is 13.2 Å². The first kappa shape index (κ1) is 20.5. The molecule has 1 unspecified atom stereocenters. The van der Waals surface area contributed by atoms with Gasteiger partial charge in [0.15, 0.2) is 6.10 Å². The number of nitrogens with zero attached hydrogens (tertiary/aromatic N) is 1. The number of aryl methyl sites for hydroxylation is 2. The first-order chi connectivity index (χ1) is 12.7. The van der Waals surface area contributed by atoms with Gasteiger partial charge in [-0.1, -0.05) is 13.8 Å². The molecule has 1 aromatic heterocycles. The predicted octanol–water partition coefficient (Wildman–Crippen LogP) is 4.47. The fourth-order valence-electron chi connectivity index (χ4n) is 2.56. The maximum Gasteiger partial charge on any atom is 0.417 e. The summed E-state index contributed by atoms with van der Waals surface area (Å²) in [6, 6.07) is 5.06. The molecule has 2 rings (SSSR count). The van der Waals surface area contributed by atoms with Gasteiger partial charge in [0.1, 0.15) is 17.3 Å². The van der Waals surface area contributed by atoms with Crippen molar-refractivity contribution in [2.45, 2.75) is 45.9 Å². The summed E-state index contributed by atoms with van der Waals surface area (Å²) in [5.41, 5.74) is 0.549. The number of hydrogen-bond acceptors (Lipinski definition) is 4. The SMILES string of the molecule is CCc1cc(O)cc(C)c1OC(CC)C(=O)Nc1ccc(C(F)(F)F)cn1. The number of anilines is 1. The Balaban J connectivity index is 2.15. The van der Waals surface area contributed by atoms with E-state index in [4.69, 9.17) is 4.74 Å². The highest BCUT2D eigenvalue weighted by atomic mass is 19.4. The van der Waals surface area contributed by atoms with Crippen LogP contribution in [0.5, 0.6) is 11.5 Å². The number of benzene rings is 1. The highest BCUT2D eigenvalue weighted by molar-refractivity contribution is 5.93. The van der Waals surface area contributed by atoms with E-state index in [1.165, 1.54) is 6.07 Å². The van der Waals surface area contributed by atoms with Crippen LogP contribution in [0.15, 0.2) is 30.5 Å². The zero-order chi connectivity index (χ0) is 20.2. The van der Waals surface area contributed by atoms with Gasteiger partial charge < -0.3 is 15.2 Å². The average Bonchev–Trinajstić information content (AvgIpc) is 2.60. The van der Waals surface area contributed by atoms with Gasteiger partial charge >= 0.3 is 6.18 Å². The minimum atomic E-state index is -4.49. The Labute approximate surface area is 155 Å². The second-order valence-corrected chi connectivity index (χ2v) is 6.04. The lowest BCUT2D eigenvalue weighted by molar-refractivity contribution is -0.137. The lowest BCUT2D eigenvalue weighted by atomic mass is 10.1. The highest BCUT2D eigenvalue weighted by Gasteiger charge is 2.31. The molecule has 0 fully saturated rings. The minimum absolute atomic E-state index is 0.00759. The molecule has 1 atom stereocenters. The second-order valence-electron chi connectivity index (χ2n) is 6.04. The van der Waals surface area contributed by atoms with Gasteiger partial charge in [-0.15, -0.1) is 0 Å². The molecule has 0 aliphatic heterocycles. The molecule has 0 radical (unpaired) electrons. The number of nitrogens with one attached hydrogen (secondary N) is 1. The first-order valence-electron chi connectivity index (χ1n) is 8.49. The van der Waals surface area contributed by atoms with Crippen LogP contribution < -0.4 is 10.1 Å². The quantitative estimate of drug-likeness (QED) is 0.773. The molecule has 0 aliphatic carbocycles. The number of hydrogen-bond donors (Lipinski definition) is 2. The van der Waals surface area contributed by atoms with Gasteiger partial charge in [0.25, 0.3) is 5.91 Å². The number of aromatic nitrogens is 1. The van der Waals surface area contributed by atoms with Crippen molar-refractivity contribution >= 4 is 11.7 Å².